The number of carbonyl (C=O) groups is 2. The number of fused-ring (bicyclic) bond motifs is 3. The summed E-state index contributed by atoms with van der Waals surface area (Å²) < 4.78 is 5.81. The number of aliphatic hydroxyl groups is 2. The number of ether oxygens (including phenoxy) is 1. The molecule has 2 aliphatic rings. The summed E-state index contributed by atoms with van der Waals surface area (Å²) in [6, 6.07) is 5.18. The Balaban J connectivity index is 1.77. The molecule has 2 aromatic rings. The van der Waals surface area contributed by atoms with Crippen LogP contribution in [0.4, 0.5) is 0 Å². The first-order valence-electron chi connectivity index (χ1n) is 9.02. The summed E-state index contributed by atoms with van der Waals surface area (Å²) in [6.07, 6.45) is 0.250. The number of rotatable bonds is 2. The van der Waals surface area contributed by atoms with Gasteiger partial charge in [-0.2, -0.15) is 0 Å². The summed E-state index contributed by atoms with van der Waals surface area (Å²) in [5.41, 5.74) is 5.40. The molecule has 4 N–H and O–H groups in total. The Labute approximate surface area is 170 Å². The van der Waals surface area contributed by atoms with Gasteiger partial charge in [0.05, 0.1) is 24.8 Å². The van der Waals surface area contributed by atoms with Crippen molar-refractivity contribution in [3.8, 4) is 28.8 Å². The van der Waals surface area contributed by atoms with E-state index in [4.69, 9.17) is 10.5 Å². The molecule has 3 heterocycles. The number of hydrogen-bond acceptors (Lipinski definition) is 7. The lowest BCUT2D eigenvalue weighted by Gasteiger charge is -2.13. The van der Waals surface area contributed by atoms with Gasteiger partial charge in [0, 0.05) is 36.0 Å². The Hall–Kier alpha value is -2.93. The fourth-order valence-electron chi connectivity index (χ4n) is 3.37. The number of amides is 2. The molecule has 2 aliphatic heterocycles. The van der Waals surface area contributed by atoms with Gasteiger partial charge in [-0.05, 0) is 18.2 Å². The molecule has 2 atom stereocenters. The van der Waals surface area contributed by atoms with Gasteiger partial charge in [-0.15, -0.1) is 11.3 Å². The number of hydrogen-bond donors (Lipinski definition) is 3. The predicted molar refractivity (Wildman–Crippen MR) is 105 cm³/mol. The molecular formula is C20H19N3O5S. The first-order valence-corrected chi connectivity index (χ1v) is 9.84. The lowest BCUT2D eigenvalue weighted by Crippen LogP contribution is -2.37. The van der Waals surface area contributed by atoms with Gasteiger partial charge in [-0.25, -0.2) is 4.98 Å². The van der Waals surface area contributed by atoms with Crippen LogP contribution >= 0.6 is 11.3 Å². The molecule has 1 saturated heterocycles. The van der Waals surface area contributed by atoms with Gasteiger partial charge in [0.15, 0.2) is 5.01 Å². The number of likely N-dealkylation sites (N-methyl/N-ethyl adjacent to an activating group) is 1. The van der Waals surface area contributed by atoms with Crippen molar-refractivity contribution in [2.24, 2.45) is 5.73 Å². The highest BCUT2D eigenvalue weighted by atomic mass is 32.1. The maximum absolute atomic E-state index is 12.1. The number of thiazole rings is 1. The van der Waals surface area contributed by atoms with Crippen LogP contribution in [0.15, 0.2) is 18.2 Å². The number of aromatic nitrogens is 1. The molecule has 29 heavy (non-hydrogen) atoms. The molecule has 8 nitrogen and oxygen atoms in total. The first kappa shape index (κ1) is 19.4. The highest BCUT2D eigenvalue weighted by Gasteiger charge is 2.42. The molecule has 0 spiro atoms. The number of aliphatic hydroxyl groups excluding tert-OH is 1. The standard InChI is InChI=1S/C20H19N3O5S/c1-23-7-6-20(27,19(23)26)5-4-11-2-3-14-13(8-11)15-16(12(9-24)10-28-14)29-18(22-15)17(21)25/h2-3,8,12,24,27H,6-7,9-10H2,1H3,(H2,21,25)/t12-,20-/m0/s1. The Kier molecular flexibility index (Phi) is 4.78. The summed E-state index contributed by atoms with van der Waals surface area (Å²) in [4.78, 5) is 30.2. The molecule has 0 aliphatic carbocycles. The first-order chi connectivity index (χ1) is 13.8. The third kappa shape index (κ3) is 3.35. The van der Waals surface area contributed by atoms with Gasteiger partial charge in [-0.3, -0.25) is 9.59 Å². The zero-order valence-corrected chi connectivity index (χ0v) is 16.5. The van der Waals surface area contributed by atoms with Crippen molar-refractivity contribution in [3.05, 3.63) is 33.6 Å². The molecule has 9 heteroatoms. The van der Waals surface area contributed by atoms with Crippen LogP contribution in [0.5, 0.6) is 5.75 Å². The fourth-order valence-corrected chi connectivity index (χ4v) is 4.38. The van der Waals surface area contributed by atoms with E-state index in [9.17, 15) is 19.8 Å². The number of benzene rings is 1. The molecular weight excluding hydrogens is 394 g/mol. The second kappa shape index (κ2) is 7.15. The minimum absolute atomic E-state index is 0.156. The zero-order chi connectivity index (χ0) is 20.8. The third-order valence-electron chi connectivity index (χ3n) is 5.05. The van der Waals surface area contributed by atoms with Crippen LogP contribution in [0.25, 0.3) is 11.3 Å². The van der Waals surface area contributed by atoms with Crippen molar-refractivity contribution < 1.29 is 24.5 Å². The van der Waals surface area contributed by atoms with Crippen molar-refractivity contribution in [3.63, 3.8) is 0 Å². The van der Waals surface area contributed by atoms with Gasteiger partial charge in [0.25, 0.3) is 11.8 Å². The van der Waals surface area contributed by atoms with Gasteiger partial charge in [0.2, 0.25) is 5.60 Å². The van der Waals surface area contributed by atoms with Crippen molar-refractivity contribution in [2.75, 3.05) is 26.8 Å². The second-order valence-electron chi connectivity index (χ2n) is 7.08. The van der Waals surface area contributed by atoms with Crippen LogP contribution in [0, 0.1) is 11.8 Å². The molecule has 150 valence electrons. The molecule has 1 fully saturated rings. The molecule has 0 radical (unpaired) electrons. The topological polar surface area (TPSA) is 126 Å². The van der Waals surface area contributed by atoms with Crippen LogP contribution in [0.2, 0.25) is 0 Å². The van der Waals surface area contributed by atoms with Gasteiger partial charge in [0.1, 0.15) is 5.75 Å². The van der Waals surface area contributed by atoms with E-state index in [2.05, 4.69) is 16.8 Å². The van der Waals surface area contributed by atoms with Crippen LogP contribution in [-0.2, 0) is 4.79 Å². The molecule has 1 aromatic carbocycles. The van der Waals surface area contributed by atoms with Crippen molar-refractivity contribution in [1.29, 1.82) is 0 Å². The van der Waals surface area contributed by atoms with Gasteiger partial charge < -0.3 is 25.6 Å². The summed E-state index contributed by atoms with van der Waals surface area (Å²) in [5, 5.41) is 20.4. The van der Waals surface area contributed by atoms with Crippen molar-refractivity contribution >= 4 is 23.2 Å². The summed E-state index contributed by atoms with van der Waals surface area (Å²) in [5.74, 6) is 4.72. The normalized spacial score (nSPS) is 22.8. The lowest BCUT2D eigenvalue weighted by atomic mass is 10.0. The fraction of sp³-hybridized carbons (Fsp3) is 0.350. The molecule has 2 amide bonds. The van der Waals surface area contributed by atoms with Crippen LogP contribution in [0.1, 0.15) is 32.6 Å². The van der Waals surface area contributed by atoms with E-state index >= 15 is 0 Å². The minimum atomic E-state index is -1.69. The lowest BCUT2D eigenvalue weighted by molar-refractivity contribution is -0.137. The highest BCUT2D eigenvalue weighted by molar-refractivity contribution is 7.14. The van der Waals surface area contributed by atoms with E-state index in [1.165, 1.54) is 4.90 Å². The number of primary amides is 1. The average molecular weight is 413 g/mol. The summed E-state index contributed by atoms with van der Waals surface area (Å²) in [6.45, 7) is 0.530. The maximum Gasteiger partial charge on any atom is 0.277 e. The van der Waals surface area contributed by atoms with Crippen LogP contribution < -0.4 is 10.5 Å². The van der Waals surface area contributed by atoms with Crippen molar-refractivity contribution in [1.82, 2.24) is 9.88 Å². The SMILES string of the molecule is CN1CC[C@@](O)(C#Cc2ccc3c(c2)-c2nc(C(N)=O)sc2[C@@H](CO)CO3)C1=O. The minimum Gasteiger partial charge on any atom is -0.492 e. The maximum atomic E-state index is 12.1. The number of likely N-dealkylation sites (tertiary alicyclic amines) is 1. The molecule has 0 bridgehead atoms. The van der Waals surface area contributed by atoms with Gasteiger partial charge >= 0.3 is 0 Å². The average Bonchev–Trinajstić information content (AvgIpc) is 3.21. The number of nitrogens with zero attached hydrogens (tertiary/aromatic N) is 2. The molecule has 4 rings (SSSR count). The molecule has 0 unspecified atom stereocenters. The van der Waals surface area contributed by atoms with Crippen LogP contribution in [0.3, 0.4) is 0 Å². The summed E-state index contributed by atoms with van der Waals surface area (Å²) in [7, 11) is 1.62. The molecule has 1 aromatic heterocycles. The van der Waals surface area contributed by atoms with E-state index < -0.39 is 17.4 Å². The Bertz CT molecular complexity index is 1070. The Morgan fingerprint density at radius 3 is 2.97 bits per heavy atom. The van der Waals surface area contributed by atoms with E-state index in [0.29, 0.717) is 29.1 Å². The van der Waals surface area contributed by atoms with Gasteiger partial charge in [-0.1, -0.05) is 11.8 Å². The van der Waals surface area contributed by atoms with E-state index in [1.807, 2.05) is 0 Å². The Morgan fingerprint density at radius 1 is 1.52 bits per heavy atom. The van der Waals surface area contributed by atoms with Crippen LogP contribution in [-0.4, -0.2) is 64.3 Å². The smallest absolute Gasteiger partial charge is 0.277 e. The second-order valence-corrected chi connectivity index (χ2v) is 8.12. The van der Waals surface area contributed by atoms with E-state index in [-0.39, 0.29) is 30.6 Å². The predicted octanol–water partition coefficient (Wildman–Crippen LogP) is 0.322. The highest BCUT2D eigenvalue weighted by Crippen LogP contribution is 2.42. The molecule has 0 saturated carbocycles. The van der Waals surface area contributed by atoms with E-state index in [1.54, 1.807) is 25.2 Å². The van der Waals surface area contributed by atoms with E-state index in [0.717, 1.165) is 16.2 Å². The Morgan fingerprint density at radius 2 is 2.31 bits per heavy atom. The zero-order valence-electron chi connectivity index (χ0n) is 15.6. The summed E-state index contributed by atoms with van der Waals surface area (Å²) >= 11 is 1.14. The monoisotopic (exact) mass is 413 g/mol. The third-order valence-corrected chi connectivity index (χ3v) is 6.29. The number of carbonyl (C=O) groups excluding carboxylic acids is 2. The quantitative estimate of drug-likeness (QED) is 0.609. The number of nitrogens with two attached hydrogens (primary N) is 1. The largest absolute Gasteiger partial charge is 0.492 e. The van der Waals surface area contributed by atoms with Crippen molar-refractivity contribution in [2.45, 2.75) is 17.9 Å².